The smallest absolute Gasteiger partial charge is 0.337 e. The van der Waals surface area contributed by atoms with E-state index in [4.69, 9.17) is 9.84 Å². The van der Waals surface area contributed by atoms with Crippen LogP contribution in [-0.4, -0.2) is 33.0 Å². The highest BCUT2D eigenvalue weighted by atomic mass is 16.5. The minimum atomic E-state index is -1.00. The number of aromatic carboxylic acids is 1. The van der Waals surface area contributed by atoms with Crippen LogP contribution in [0.1, 0.15) is 16.2 Å². The van der Waals surface area contributed by atoms with E-state index in [2.05, 4.69) is 15.4 Å². The minimum Gasteiger partial charge on any atom is -0.497 e. The average Bonchev–Trinajstić information content (AvgIpc) is 2.81. The molecule has 0 aliphatic heterocycles. The zero-order valence-corrected chi connectivity index (χ0v) is 10.6. The average molecular weight is 262 g/mol. The second-order valence-corrected chi connectivity index (χ2v) is 3.90. The van der Waals surface area contributed by atoms with Crippen molar-refractivity contribution in [3.63, 3.8) is 0 Å². The van der Waals surface area contributed by atoms with Gasteiger partial charge in [0.2, 0.25) is 0 Å². The van der Waals surface area contributed by atoms with Crippen molar-refractivity contribution in [2.24, 2.45) is 7.05 Å². The zero-order valence-electron chi connectivity index (χ0n) is 10.6. The molecule has 0 atom stereocenters. The van der Waals surface area contributed by atoms with E-state index in [0.717, 1.165) is 0 Å². The fourth-order valence-corrected chi connectivity index (χ4v) is 1.62. The summed E-state index contributed by atoms with van der Waals surface area (Å²) in [6.07, 6.45) is 1.58. The molecule has 0 radical (unpaired) electrons. The third-order valence-corrected chi connectivity index (χ3v) is 2.54. The second-order valence-electron chi connectivity index (χ2n) is 3.90. The first-order chi connectivity index (χ1) is 9.10. The van der Waals surface area contributed by atoms with Crippen LogP contribution in [0.3, 0.4) is 0 Å². The Morgan fingerprint density at radius 2 is 2.32 bits per heavy atom. The van der Waals surface area contributed by atoms with Gasteiger partial charge in [0.05, 0.1) is 24.9 Å². The summed E-state index contributed by atoms with van der Waals surface area (Å²) in [5.74, 6) is 0.169. The Morgan fingerprint density at radius 3 is 2.89 bits per heavy atom. The van der Waals surface area contributed by atoms with E-state index in [1.807, 2.05) is 0 Å². The Labute approximate surface area is 109 Å². The summed E-state index contributed by atoms with van der Waals surface area (Å²) in [5, 5.41) is 16.2. The molecule has 7 nitrogen and oxygen atoms in total. The number of nitrogens with zero attached hydrogens (tertiary/aromatic N) is 3. The van der Waals surface area contributed by atoms with Crippen LogP contribution in [0.2, 0.25) is 0 Å². The van der Waals surface area contributed by atoms with Crippen molar-refractivity contribution in [3.8, 4) is 5.75 Å². The summed E-state index contributed by atoms with van der Waals surface area (Å²) in [6.45, 7) is 0.342. The molecule has 0 saturated heterocycles. The molecule has 1 aromatic heterocycles. The fourth-order valence-electron chi connectivity index (χ4n) is 1.62. The molecule has 2 rings (SSSR count). The maximum absolute atomic E-state index is 11.1. The molecule has 0 fully saturated rings. The number of rotatable bonds is 5. The number of aromatic nitrogens is 3. The Balaban J connectivity index is 2.19. The van der Waals surface area contributed by atoms with Crippen LogP contribution in [0.15, 0.2) is 24.5 Å². The first kappa shape index (κ1) is 12.9. The number of aryl methyl sites for hydroxylation is 1. The predicted octanol–water partition coefficient (Wildman–Crippen LogP) is 1.13. The Bertz CT molecular complexity index is 594. The van der Waals surface area contributed by atoms with E-state index in [1.165, 1.54) is 13.2 Å². The van der Waals surface area contributed by atoms with Gasteiger partial charge in [-0.3, -0.25) is 4.68 Å². The lowest BCUT2D eigenvalue weighted by molar-refractivity contribution is 0.0698. The molecule has 0 unspecified atom stereocenters. The van der Waals surface area contributed by atoms with E-state index in [-0.39, 0.29) is 5.56 Å². The van der Waals surface area contributed by atoms with E-state index < -0.39 is 5.97 Å². The molecule has 0 aliphatic rings. The highest BCUT2D eigenvalue weighted by Gasteiger charge is 2.11. The van der Waals surface area contributed by atoms with Crippen molar-refractivity contribution in [2.75, 3.05) is 12.4 Å². The van der Waals surface area contributed by atoms with Crippen LogP contribution >= 0.6 is 0 Å². The van der Waals surface area contributed by atoms with Gasteiger partial charge in [-0.05, 0) is 12.1 Å². The molecule has 0 bridgehead atoms. The summed E-state index contributed by atoms with van der Waals surface area (Å²) in [4.78, 5) is 15.2. The molecule has 2 N–H and O–H groups in total. The normalized spacial score (nSPS) is 10.2. The number of benzene rings is 1. The molecule has 0 amide bonds. The van der Waals surface area contributed by atoms with Gasteiger partial charge in [0.25, 0.3) is 0 Å². The van der Waals surface area contributed by atoms with Crippen LogP contribution in [0, 0.1) is 0 Å². The fraction of sp³-hybridized carbons (Fsp3) is 0.250. The highest BCUT2D eigenvalue weighted by Crippen LogP contribution is 2.22. The van der Waals surface area contributed by atoms with Crippen molar-refractivity contribution < 1.29 is 14.6 Å². The number of hydrogen-bond donors (Lipinski definition) is 2. The standard InChI is InChI=1S/C12H14N4O3/c1-16-7-14-11(15-16)6-13-10-5-8(19-2)3-4-9(10)12(17)18/h3-5,7,13H,6H2,1-2H3,(H,17,18). The lowest BCUT2D eigenvalue weighted by atomic mass is 10.1. The molecule has 0 spiro atoms. The minimum absolute atomic E-state index is 0.178. The molecular weight excluding hydrogens is 248 g/mol. The lowest BCUT2D eigenvalue weighted by Gasteiger charge is -2.09. The van der Waals surface area contributed by atoms with Gasteiger partial charge in [0.15, 0.2) is 5.82 Å². The first-order valence-electron chi connectivity index (χ1n) is 5.60. The van der Waals surface area contributed by atoms with Crippen LogP contribution in [0.25, 0.3) is 0 Å². The van der Waals surface area contributed by atoms with Crippen molar-refractivity contribution in [3.05, 3.63) is 35.9 Å². The zero-order chi connectivity index (χ0) is 13.8. The number of methoxy groups -OCH3 is 1. The Hall–Kier alpha value is -2.57. The van der Waals surface area contributed by atoms with Gasteiger partial charge in [-0.2, -0.15) is 5.10 Å². The summed E-state index contributed by atoms with van der Waals surface area (Å²) in [6, 6.07) is 4.73. The number of carboxylic acid groups (broad SMARTS) is 1. The predicted molar refractivity (Wildman–Crippen MR) is 68.3 cm³/mol. The van der Waals surface area contributed by atoms with Crippen molar-refractivity contribution in [2.45, 2.75) is 6.54 Å². The number of nitrogens with one attached hydrogen (secondary N) is 1. The highest BCUT2D eigenvalue weighted by molar-refractivity contribution is 5.94. The van der Waals surface area contributed by atoms with Gasteiger partial charge in [0.1, 0.15) is 12.1 Å². The number of anilines is 1. The van der Waals surface area contributed by atoms with Gasteiger partial charge in [-0.1, -0.05) is 0 Å². The third-order valence-electron chi connectivity index (χ3n) is 2.54. The van der Waals surface area contributed by atoms with Gasteiger partial charge in [-0.15, -0.1) is 0 Å². The number of hydrogen-bond acceptors (Lipinski definition) is 5. The summed E-state index contributed by atoms with van der Waals surface area (Å²) < 4.78 is 6.66. The maximum Gasteiger partial charge on any atom is 0.337 e. The third kappa shape index (κ3) is 3.01. The van der Waals surface area contributed by atoms with E-state index >= 15 is 0 Å². The first-order valence-corrected chi connectivity index (χ1v) is 5.60. The van der Waals surface area contributed by atoms with Gasteiger partial charge in [0, 0.05) is 13.1 Å². The van der Waals surface area contributed by atoms with Crippen molar-refractivity contribution in [1.82, 2.24) is 14.8 Å². The molecule has 19 heavy (non-hydrogen) atoms. The molecule has 1 heterocycles. The van der Waals surface area contributed by atoms with Gasteiger partial charge >= 0.3 is 5.97 Å². The van der Waals surface area contributed by atoms with Crippen molar-refractivity contribution in [1.29, 1.82) is 0 Å². The molecule has 7 heteroatoms. The van der Waals surface area contributed by atoms with Gasteiger partial charge in [-0.25, -0.2) is 9.78 Å². The summed E-state index contributed by atoms with van der Waals surface area (Å²) >= 11 is 0. The Kier molecular flexibility index (Phi) is 3.65. The molecule has 2 aromatic rings. The number of carbonyl (C=O) groups is 1. The molecule has 1 aromatic carbocycles. The lowest BCUT2D eigenvalue weighted by Crippen LogP contribution is -2.08. The summed E-state index contributed by atoms with van der Waals surface area (Å²) in [7, 11) is 3.30. The Morgan fingerprint density at radius 1 is 1.53 bits per heavy atom. The number of carboxylic acids is 1. The van der Waals surface area contributed by atoms with Crippen LogP contribution < -0.4 is 10.1 Å². The molecule has 0 saturated carbocycles. The SMILES string of the molecule is COc1ccc(C(=O)O)c(NCc2ncn(C)n2)c1. The van der Waals surface area contributed by atoms with E-state index in [9.17, 15) is 4.79 Å². The van der Waals surface area contributed by atoms with E-state index in [1.54, 1.807) is 30.2 Å². The number of ether oxygens (including phenoxy) is 1. The maximum atomic E-state index is 11.1. The van der Waals surface area contributed by atoms with Crippen LogP contribution in [0.5, 0.6) is 5.75 Å². The topological polar surface area (TPSA) is 89.3 Å². The van der Waals surface area contributed by atoms with E-state index in [0.29, 0.717) is 23.8 Å². The molecular formula is C12H14N4O3. The second kappa shape index (κ2) is 5.38. The van der Waals surface area contributed by atoms with Crippen LogP contribution in [-0.2, 0) is 13.6 Å². The summed E-state index contributed by atoms with van der Waals surface area (Å²) in [5.41, 5.74) is 0.649. The molecule has 100 valence electrons. The quantitative estimate of drug-likeness (QED) is 0.839. The van der Waals surface area contributed by atoms with Crippen LogP contribution in [0.4, 0.5) is 5.69 Å². The largest absolute Gasteiger partial charge is 0.497 e. The van der Waals surface area contributed by atoms with Crippen molar-refractivity contribution >= 4 is 11.7 Å². The molecule has 0 aliphatic carbocycles. The van der Waals surface area contributed by atoms with Gasteiger partial charge < -0.3 is 15.2 Å². The monoisotopic (exact) mass is 262 g/mol.